The van der Waals surface area contributed by atoms with Gasteiger partial charge in [-0.25, -0.2) is 4.79 Å². The van der Waals surface area contributed by atoms with Gasteiger partial charge < -0.3 is 9.84 Å². The van der Waals surface area contributed by atoms with E-state index in [1.165, 1.54) is 0 Å². The quantitative estimate of drug-likeness (QED) is 0.821. The van der Waals surface area contributed by atoms with Crippen molar-refractivity contribution in [3.63, 3.8) is 0 Å². The molecule has 0 amide bonds. The molecule has 0 atom stereocenters. The molecule has 0 radical (unpaired) electrons. The van der Waals surface area contributed by atoms with Crippen molar-refractivity contribution in [2.75, 3.05) is 6.61 Å². The maximum Gasteiger partial charge on any atom is 0.335 e. The number of carbonyl (C=O) groups is 1. The smallest absolute Gasteiger partial charge is 0.335 e. The average Bonchev–Trinajstić information content (AvgIpc) is 2.39. The summed E-state index contributed by atoms with van der Waals surface area (Å²) in [6.07, 6.45) is 6.38. The summed E-state index contributed by atoms with van der Waals surface area (Å²) in [4.78, 5) is 11.0. The minimum Gasteiger partial charge on any atom is -0.493 e. The summed E-state index contributed by atoms with van der Waals surface area (Å²) in [5.41, 5.74) is 1.25. The third kappa shape index (κ3) is 2.41. The third-order valence-corrected chi connectivity index (χ3v) is 3.71. The van der Waals surface area contributed by atoms with Crippen LogP contribution in [0.3, 0.4) is 0 Å². The summed E-state index contributed by atoms with van der Waals surface area (Å²) in [6, 6.07) is 5.11. The Kier molecular flexibility index (Phi) is 3.74. The normalized spacial score (nSPS) is 16.0. The fourth-order valence-electron chi connectivity index (χ4n) is 2.76. The van der Waals surface area contributed by atoms with Crippen molar-refractivity contribution >= 4 is 5.97 Å². The first kappa shape index (κ1) is 13.4. The van der Waals surface area contributed by atoms with Crippen LogP contribution < -0.4 is 4.74 Å². The van der Waals surface area contributed by atoms with Crippen molar-refractivity contribution in [3.8, 4) is 5.75 Å². The lowest BCUT2D eigenvalue weighted by molar-refractivity contribution is 0.0696. The fourth-order valence-corrected chi connectivity index (χ4v) is 2.76. The highest BCUT2D eigenvalue weighted by atomic mass is 16.5. The molecule has 0 unspecified atom stereocenters. The maximum absolute atomic E-state index is 11.0. The van der Waals surface area contributed by atoms with Gasteiger partial charge in [-0.3, -0.25) is 0 Å². The Balaban J connectivity index is 2.50. The van der Waals surface area contributed by atoms with E-state index in [0.29, 0.717) is 12.4 Å². The topological polar surface area (TPSA) is 46.5 Å². The Morgan fingerprint density at radius 3 is 2.63 bits per heavy atom. The van der Waals surface area contributed by atoms with E-state index in [-0.39, 0.29) is 11.0 Å². The summed E-state index contributed by atoms with van der Waals surface area (Å²) in [5.74, 6) is -0.259. The van der Waals surface area contributed by atoms with Gasteiger partial charge in [0.1, 0.15) is 5.75 Å². The highest BCUT2D eigenvalue weighted by Crippen LogP contribution is 2.44. The number of ether oxygens (including phenoxy) is 1. The number of rotatable bonds is 5. The van der Waals surface area contributed by atoms with Crippen LogP contribution in [0.1, 0.15) is 35.2 Å². The molecule has 0 aromatic heterocycles. The molecule has 1 heterocycles. The fraction of sp³-hybridized carbons (Fsp3) is 0.312. The molecule has 0 fully saturated rings. The minimum absolute atomic E-state index is 0.0614. The van der Waals surface area contributed by atoms with E-state index < -0.39 is 5.97 Å². The zero-order valence-corrected chi connectivity index (χ0v) is 10.9. The number of allylic oxidation sites excluding steroid dienone is 2. The van der Waals surface area contributed by atoms with Gasteiger partial charge in [0.25, 0.3) is 0 Å². The van der Waals surface area contributed by atoms with Gasteiger partial charge in [0.15, 0.2) is 0 Å². The number of carboxylic acid groups (broad SMARTS) is 1. The minimum atomic E-state index is -0.935. The maximum atomic E-state index is 11.0. The van der Waals surface area contributed by atoms with Crippen LogP contribution in [0.15, 0.2) is 43.5 Å². The van der Waals surface area contributed by atoms with Gasteiger partial charge in [0.05, 0.1) is 12.2 Å². The zero-order valence-electron chi connectivity index (χ0n) is 10.9. The Morgan fingerprint density at radius 1 is 1.37 bits per heavy atom. The van der Waals surface area contributed by atoms with E-state index in [0.717, 1.165) is 24.8 Å². The molecule has 0 saturated heterocycles. The Labute approximate surface area is 113 Å². The van der Waals surface area contributed by atoms with Gasteiger partial charge in [-0.05, 0) is 31.4 Å². The molecule has 1 aliphatic heterocycles. The van der Waals surface area contributed by atoms with Crippen molar-refractivity contribution < 1.29 is 14.6 Å². The highest BCUT2D eigenvalue weighted by molar-refractivity contribution is 5.88. The van der Waals surface area contributed by atoms with Gasteiger partial charge >= 0.3 is 5.97 Å². The summed E-state index contributed by atoms with van der Waals surface area (Å²) >= 11 is 0. The van der Waals surface area contributed by atoms with Gasteiger partial charge in [-0.1, -0.05) is 18.2 Å². The number of fused-ring (bicyclic) bond motifs is 1. The molecule has 0 bridgehead atoms. The molecule has 1 aliphatic rings. The number of hydrogen-bond acceptors (Lipinski definition) is 2. The molecule has 3 heteroatoms. The largest absolute Gasteiger partial charge is 0.493 e. The molecule has 0 saturated carbocycles. The molecular weight excluding hydrogens is 240 g/mol. The Morgan fingerprint density at radius 2 is 2.05 bits per heavy atom. The molecule has 100 valence electrons. The molecule has 3 nitrogen and oxygen atoms in total. The second kappa shape index (κ2) is 5.31. The van der Waals surface area contributed by atoms with E-state index in [2.05, 4.69) is 13.2 Å². The lowest BCUT2D eigenvalue weighted by Gasteiger charge is -2.38. The van der Waals surface area contributed by atoms with Gasteiger partial charge in [-0.2, -0.15) is 0 Å². The van der Waals surface area contributed by atoms with Crippen molar-refractivity contribution in [2.24, 2.45) is 0 Å². The van der Waals surface area contributed by atoms with Crippen LogP contribution in [0.5, 0.6) is 5.75 Å². The first-order chi connectivity index (χ1) is 9.13. The van der Waals surface area contributed by atoms with Crippen LogP contribution in [0.4, 0.5) is 0 Å². The van der Waals surface area contributed by atoms with Crippen LogP contribution in [-0.4, -0.2) is 17.7 Å². The first-order valence-electron chi connectivity index (χ1n) is 6.35. The molecule has 1 aromatic carbocycles. The second-order valence-corrected chi connectivity index (χ2v) is 4.88. The van der Waals surface area contributed by atoms with E-state index in [4.69, 9.17) is 9.84 Å². The number of carboxylic acids is 1. The van der Waals surface area contributed by atoms with Crippen LogP contribution in [-0.2, 0) is 5.41 Å². The van der Waals surface area contributed by atoms with Crippen molar-refractivity contribution in [1.29, 1.82) is 0 Å². The van der Waals surface area contributed by atoms with E-state index in [1.807, 2.05) is 18.2 Å². The average molecular weight is 258 g/mol. The third-order valence-electron chi connectivity index (χ3n) is 3.71. The predicted octanol–water partition coefficient (Wildman–Crippen LogP) is 3.56. The zero-order chi connectivity index (χ0) is 13.9. The van der Waals surface area contributed by atoms with Gasteiger partial charge in [0, 0.05) is 11.0 Å². The van der Waals surface area contributed by atoms with Crippen molar-refractivity contribution in [2.45, 2.75) is 24.7 Å². The molecule has 2 rings (SSSR count). The SMILES string of the molecule is C=CCC1(CC=C)CCOc2cc(C(=O)O)ccc21. The lowest BCUT2D eigenvalue weighted by Crippen LogP contribution is -2.32. The highest BCUT2D eigenvalue weighted by Gasteiger charge is 2.35. The summed E-state index contributed by atoms with van der Waals surface area (Å²) in [6.45, 7) is 8.26. The molecule has 19 heavy (non-hydrogen) atoms. The number of benzene rings is 1. The molecule has 1 N–H and O–H groups in total. The van der Waals surface area contributed by atoms with E-state index in [9.17, 15) is 4.79 Å². The lowest BCUT2D eigenvalue weighted by atomic mass is 9.71. The number of hydrogen-bond donors (Lipinski definition) is 1. The molecular formula is C16H18O3. The first-order valence-corrected chi connectivity index (χ1v) is 6.35. The molecule has 0 aliphatic carbocycles. The van der Waals surface area contributed by atoms with E-state index >= 15 is 0 Å². The van der Waals surface area contributed by atoms with Crippen LogP contribution in [0.25, 0.3) is 0 Å². The van der Waals surface area contributed by atoms with E-state index in [1.54, 1.807) is 12.1 Å². The van der Waals surface area contributed by atoms with Crippen molar-refractivity contribution in [3.05, 3.63) is 54.6 Å². The van der Waals surface area contributed by atoms with Gasteiger partial charge in [-0.15, -0.1) is 13.2 Å². The summed E-state index contributed by atoms with van der Waals surface area (Å²) in [7, 11) is 0. The molecule has 1 aromatic rings. The Bertz CT molecular complexity index is 507. The molecule has 0 spiro atoms. The summed E-state index contributed by atoms with van der Waals surface area (Å²) in [5, 5.41) is 9.04. The van der Waals surface area contributed by atoms with Gasteiger partial charge in [0.2, 0.25) is 0 Å². The van der Waals surface area contributed by atoms with Crippen LogP contribution in [0.2, 0.25) is 0 Å². The monoisotopic (exact) mass is 258 g/mol. The number of aromatic carboxylic acids is 1. The standard InChI is InChI=1S/C16H18O3/c1-3-7-16(8-4-2)9-10-19-14-11-12(15(17)18)5-6-13(14)16/h3-6,11H,1-2,7-10H2,(H,17,18). The Hall–Kier alpha value is -2.03. The second-order valence-electron chi connectivity index (χ2n) is 4.88. The van der Waals surface area contributed by atoms with Crippen molar-refractivity contribution in [1.82, 2.24) is 0 Å². The predicted molar refractivity (Wildman–Crippen MR) is 74.8 cm³/mol. The van der Waals surface area contributed by atoms with Crippen LogP contribution in [0, 0.1) is 0 Å². The summed E-state index contributed by atoms with van der Waals surface area (Å²) < 4.78 is 5.63. The van der Waals surface area contributed by atoms with Crippen LogP contribution >= 0.6 is 0 Å².